The Balaban J connectivity index is -0.0000000112. The van der Waals surface area contributed by atoms with Crippen molar-refractivity contribution in [3.63, 3.8) is 0 Å². The molecule has 60 valence electrons. The Labute approximate surface area is 105 Å². The number of halogens is 1. The van der Waals surface area contributed by atoms with Crippen molar-refractivity contribution in [2.24, 2.45) is 0 Å². The van der Waals surface area contributed by atoms with Gasteiger partial charge in [0, 0.05) is 19.5 Å². The Bertz CT molecular complexity index is 83.5. The molecule has 0 bridgehead atoms. The molecule has 0 aliphatic heterocycles. The van der Waals surface area contributed by atoms with Crippen LogP contribution in [0.2, 0.25) is 0 Å². The monoisotopic (exact) mass is 248 g/mol. The molecule has 0 saturated carbocycles. The minimum absolute atomic E-state index is 0. The van der Waals surface area contributed by atoms with Crippen LogP contribution in [0.25, 0.3) is 0 Å². The largest absolute Gasteiger partial charge is 1.00 e. The van der Waals surface area contributed by atoms with E-state index in [9.17, 15) is 0 Å². The molecule has 0 heterocycles. The zero-order chi connectivity index (χ0) is 7.15. The predicted octanol–water partition coefficient (Wildman–Crippen LogP) is -2.02. The molecule has 0 aromatic carbocycles. The van der Waals surface area contributed by atoms with Crippen LogP contribution in [0.1, 0.15) is 1.43 Å². The zero-order valence-corrected chi connectivity index (χ0v) is 11.5. The number of hydrogen-bond donors (Lipinski definition) is 4. The third-order valence-electron chi connectivity index (χ3n) is 0. The average Bonchev–Trinajstić information content (AvgIpc) is 1.25. The van der Waals surface area contributed by atoms with E-state index in [1.165, 1.54) is 0 Å². The predicted molar refractivity (Wildman–Crippen MR) is 29.7 cm³/mol. The Kier molecular flexibility index (Phi) is 61.3. The van der Waals surface area contributed by atoms with Crippen molar-refractivity contribution in [1.29, 1.82) is 0 Å². The maximum atomic E-state index is 8.56. The molecule has 0 saturated heterocycles. The van der Waals surface area contributed by atoms with Crippen molar-refractivity contribution >= 4 is 24.7 Å². The molecule has 0 unspecified atom stereocenters. The molecule has 0 rings (SSSR count). The summed E-state index contributed by atoms with van der Waals surface area (Å²) in [5.41, 5.74) is 0. The van der Waals surface area contributed by atoms with Gasteiger partial charge in [-0.1, -0.05) is 0 Å². The summed E-state index contributed by atoms with van der Waals surface area (Å²) in [5, 5.41) is 27.9. The number of hydrogen-bond acceptors (Lipinski definition) is 2. The fraction of sp³-hybridized carbons (Fsp3) is 0. The normalized spacial score (nSPS) is 4.36. The third-order valence-corrected chi connectivity index (χ3v) is 0. The molecule has 0 amide bonds. The van der Waals surface area contributed by atoms with E-state index >= 15 is 0 Å². The van der Waals surface area contributed by atoms with E-state index in [0.717, 1.165) is 0 Å². The molecule has 6 nitrogen and oxygen atoms in total. The second kappa shape index (κ2) is 22.4. The van der Waals surface area contributed by atoms with Gasteiger partial charge in [-0.05, 0) is 0 Å². The fourth-order valence-electron chi connectivity index (χ4n) is 0. The first kappa shape index (κ1) is 30.1. The van der Waals surface area contributed by atoms with Gasteiger partial charge in [-0.15, -0.1) is 12.4 Å². The number of carboxylic acid groups (broad SMARTS) is 4. The topological polar surface area (TPSA) is 115 Å². The molecule has 9 heteroatoms. The molecule has 11 heavy (non-hydrogen) atoms. The van der Waals surface area contributed by atoms with Crippen LogP contribution in [0.5, 0.6) is 0 Å². The molecule has 0 aromatic rings. The van der Waals surface area contributed by atoms with Gasteiger partial charge in [0.1, 0.15) is 0 Å². The number of carbonyl (C=O) groups is 2. The number of rotatable bonds is 0. The second-order valence-electron chi connectivity index (χ2n) is 0.565. The summed E-state index contributed by atoms with van der Waals surface area (Å²) in [6.07, 6.45) is -3.67. The molecular weight excluding hydrogens is 244 g/mol. The van der Waals surface area contributed by atoms with E-state index < -0.39 is 12.3 Å². The van der Waals surface area contributed by atoms with E-state index in [2.05, 4.69) is 0 Å². The van der Waals surface area contributed by atoms with Crippen molar-refractivity contribution in [3.8, 4) is 0 Å². The van der Waals surface area contributed by atoms with E-state index in [0.29, 0.717) is 0 Å². The van der Waals surface area contributed by atoms with Crippen LogP contribution in [0.4, 0.5) is 9.59 Å². The maximum Gasteiger partial charge on any atom is 1.00 e. The van der Waals surface area contributed by atoms with Gasteiger partial charge in [0.15, 0.2) is 0 Å². The van der Waals surface area contributed by atoms with Gasteiger partial charge in [-0.25, -0.2) is 9.59 Å². The molecule has 0 radical (unpaired) electrons. The van der Waals surface area contributed by atoms with Crippen LogP contribution in [0.3, 0.4) is 0 Å². The summed E-state index contributed by atoms with van der Waals surface area (Å²) in [6.45, 7) is 0. The minimum atomic E-state index is -1.83. The quantitative estimate of drug-likeness (QED) is 0.369. The molecule has 0 spiro atoms. The summed E-state index contributed by atoms with van der Waals surface area (Å²) in [4.78, 5) is 17.1. The maximum absolute atomic E-state index is 8.56. The van der Waals surface area contributed by atoms with E-state index in [4.69, 9.17) is 30.0 Å². The first-order chi connectivity index (χ1) is 3.46. The van der Waals surface area contributed by atoms with Crippen molar-refractivity contribution in [3.05, 3.63) is 0 Å². The smallest absolute Gasteiger partial charge is 1.00 e. The van der Waals surface area contributed by atoms with Crippen LogP contribution < -0.4 is 29.6 Å². The zero-order valence-electron chi connectivity index (χ0n) is 6.72. The summed E-state index contributed by atoms with van der Waals surface area (Å²) in [6, 6.07) is 0. The van der Waals surface area contributed by atoms with Gasteiger partial charge in [0.2, 0.25) is 0 Å². The molecule has 0 aliphatic rings. The van der Waals surface area contributed by atoms with E-state index in [1.807, 2.05) is 0 Å². The van der Waals surface area contributed by atoms with Gasteiger partial charge in [0.05, 0.1) is 0 Å². The van der Waals surface area contributed by atoms with Gasteiger partial charge in [-0.2, -0.15) is 0 Å². The Hall–Kier alpha value is 0.453. The van der Waals surface area contributed by atoms with Crippen LogP contribution in [-0.4, -0.2) is 32.7 Å². The SMILES string of the molecule is Cl.O=C(O)O.O=C(O)O.[H-].[Na+].[Zn]. The van der Waals surface area contributed by atoms with Crippen molar-refractivity contribution in [1.82, 2.24) is 0 Å². The van der Waals surface area contributed by atoms with Crippen LogP contribution in [-0.2, 0) is 19.5 Å². The second-order valence-corrected chi connectivity index (χ2v) is 0.565. The van der Waals surface area contributed by atoms with Gasteiger partial charge < -0.3 is 21.9 Å². The molecule has 0 atom stereocenters. The van der Waals surface area contributed by atoms with E-state index in [1.54, 1.807) is 0 Å². The first-order valence-corrected chi connectivity index (χ1v) is 1.30. The van der Waals surface area contributed by atoms with Crippen molar-refractivity contribution in [2.75, 3.05) is 0 Å². The van der Waals surface area contributed by atoms with Gasteiger partial charge >= 0.3 is 41.9 Å². The Morgan fingerprint density at radius 1 is 0.909 bits per heavy atom. The first-order valence-electron chi connectivity index (χ1n) is 1.30. The van der Waals surface area contributed by atoms with Crippen molar-refractivity contribution < 1.29 is 80.5 Å². The summed E-state index contributed by atoms with van der Waals surface area (Å²) >= 11 is 0. The average molecular weight is 250 g/mol. The van der Waals surface area contributed by atoms with Crippen LogP contribution in [0.15, 0.2) is 0 Å². The summed E-state index contributed by atoms with van der Waals surface area (Å²) < 4.78 is 0. The minimum Gasteiger partial charge on any atom is -1.00 e. The van der Waals surface area contributed by atoms with Gasteiger partial charge in [-0.3, -0.25) is 0 Å². The molecule has 0 fully saturated rings. The van der Waals surface area contributed by atoms with E-state index in [-0.39, 0.29) is 62.9 Å². The standard InChI is InChI=1S/2CH2O3.ClH.Na.Zn.H/c2*2-1(3)4;;;;/h2*(H2,2,3,4);1H;;;/q;;;+1;;-1. The Morgan fingerprint density at radius 3 is 0.909 bits per heavy atom. The van der Waals surface area contributed by atoms with Crippen LogP contribution in [0, 0.1) is 0 Å². The van der Waals surface area contributed by atoms with Crippen LogP contribution >= 0.6 is 12.4 Å². The Morgan fingerprint density at radius 2 is 0.909 bits per heavy atom. The third kappa shape index (κ3) is 3630. The molecule has 4 N–H and O–H groups in total. The molecule has 0 aliphatic carbocycles. The molecular formula is C2H6ClNaO6Zn. The summed E-state index contributed by atoms with van der Waals surface area (Å²) in [5.74, 6) is 0. The fourth-order valence-corrected chi connectivity index (χ4v) is 0. The summed E-state index contributed by atoms with van der Waals surface area (Å²) in [7, 11) is 0. The van der Waals surface area contributed by atoms with Crippen molar-refractivity contribution in [2.45, 2.75) is 0 Å². The molecule has 0 aromatic heterocycles. The van der Waals surface area contributed by atoms with Gasteiger partial charge in [0.25, 0.3) is 0 Å².